The first-order valence-corrected chi connectivity index (χ1v) is 10.1. The van der Waals surface area contributed by atoms with Crippen molar-refractivity contribution in [3.05, 3.63) is 24.3 Å². The van der Waals surface area contributed by atoms with Crippen LogP contribution in [0.3, 0.4) is 0 Å². The molecule has 1 fully saturated rings. The molecule has 2 aromatic rings. The summed E-state index contributed by atoms with van der Waals surface area (Å²) in [5, 5.41) is 2.63. The number of nitrogens with two attached hydrogens (primary N) is 1. The Hall–Kier alpha value is -2.02. The van der Waals surface area contributed by atoms with E-state index in [1.807, 2.05) is 32.0 Å². The average Bonchev–Trinajstić information content (AvgIpc) is 2.97. The van der Waals surface area contributed by atoms with Crippen LogP contribution in [0.15, 0.2) is 29.4 Å². The number of imidazole rings is 1. The summed E-state index contributed by atoms with van der Waals surface area (Å²) < 4.78 is 2.30. The first-order chi connectivity index (χ1) is 12.5. The molecule has 1 aliphatic carbocycles. The van der Waals surface area contributed by atoms with Gasteiger partial charge in [-0.05, 0) is 30.9 Å². The third kappa shape index (κ3) is 4.03. The maximum Gasteiger partial charge on any atom is 0.318 e. The molecule has 3 amide bonds. The van der Waals surface area contributed by atoms with E-state index in [9.17, 15) is 9.59 Å². The fourth-order valence-electron chi connectivity index (χ4n) is 3.60. The molecule has 7 heteroatoms. The molecule has 3 rings (SSSR count). The van der Waals surface area contributed by atoms with Crippen LogP contribution in [0.1, 0.15) is 52.0 Å². The molecular formula is C19H26N4O2S. The Kier molecular flexibility index (Phi) is 5.86. The lowest BCUT2D eigenvalue weighted by atomic mass is 9.95. The van der Waals surface area contributed by atoms with Crippen LogP contribution in [0.4, 0.5) is 4.79 Å². The Bertz CT molecular complexity index is 796. The highest BCUT2D eigenvalue weighted by Crippen LogP contribution is 2.37. The number of thioether (sulfide) groups is 1. The lowest BCUT2D eigenvalue weighted by Crippen LogP contribution is -2.42. The van der Waals surface area contributed by atoms with Crippen LogP contribution >= 0.6 is 11.8 Å². The van der Waals surface area contributed by atoms with Gasteiger partial charge in [-0.2, -0.15) is 0 Å². The summed E-state index contributed by atoms with van der Waals surface area (Å²) in [5.41, 5.74) is 7.19. The summed E-state index contributed by atoms with van der Waals surface area (Å²) in [5.74, 6) is -0.321. The van der Waals surface area contributed by atoms with Gasteiger partial charge in [-0.25, -0.2) is 9.78 Å². The first kappa shape index (κ1) is 18.8. The Morgan fingerprint density at radius 2 is 1.92 bits per heavy atom. The van der Waals surface area contributed by atoms with E-state index in [0.29, 0.717) is 6.04 Å². The number of nitrogens with zero attached hydrogens (tertiary/aromatic N) is 2. The molecule has 1 saturated carbocycles. The Morgan fingerprint density at radius 3 is 2.58 bits per heavy atom. The molecule has 6 nitrogen and oxygen atoms in total. The Balaban J connectivity index is 1.97. The predicted octanol–water partition coefficient (Wildman–Crippen LogP) is 3.85. The second-order valence-electron chi connectivity index (χ2n) is 7.18. The van der Waals surface area contributed by atoms with Crippen molar-refractivity contribution in [3.63, 3.8) is 0 Å². The molecule has 0 radical (unpaired) electrons. The number of hydrogen-bond donors (Lipinski definition) is 2. The van der Waals surface area contributed by atoms with Crippen LogP contribution < -0.4 is 11.1 Å². The summed E-state index contributed by atoms with van der Waals surface area (Å²) in [7, 11) is 0. The zero-order chi connectivity index (χ0) is 18.7. The van der Waals surface area contributed by atoms with Crippen LogP contribution in [0, 0.1) is 5.92 Å². The van der Waals surface area contributed by atoms with Crippen molar-refractivity contribution in [1.29, 1.82) is 0 Å². The maximum atomic E-state index is 12.4. The van der Waals surface area contributed by atoms with Gasteiger partial charge < -0.3 is 10.3 Å². The smallest absolute Gasteiger partial charge is 0.318 e. The quantitative estimate of drug-likeness (QED) is 0.778. The maximum absolute atomic E-state index is 12.4. The van der Waals surface area contributed by atoms with E-state index in [1.165, 1.54) is 31.0 Å². The monoisotopic (exact) mass is 374 g/mol. The molecule has 0 saturated heterocycles. The van der Waals surface area contributed by atoms with Crippen molar-refractivity contribution in [2.75, 3.05) is 0 Å². The highest BCUT2D eigenvalue weighted by Gasteiger charge is 2.29. The molecule has 1 atom stereocenters. The van der Waals surface area contributed by atoms with Gasteiger partial charge in [0.1, 0.15) is 0 Å². The van der Waals surface area contributed by atoms with E-state index in [4.69, 9.17) is 10.7 Å². The number of para-hydroxylation sites is 2. The SMILES string of the molecule is CC(C)[C@H](Sc1nc2ccccc2n1C1CCCCC1)C(=O)NC(N)=O. The molecule has 1 aromatic carbocycles. The van der Waals surface area contributed by atoms with Gasteiger partial charge in [-0.3, -0.25) is 10.1 Å². The molecule has 1 aromatic heterocycles. The largest absolute Gasteiger partial charge is 0.351 e. The molecule has 0 spiro atoms. The van der Waals surface area contributed by atoms with E-state index >= 15 is 0 Å². The molecule has 140 valence electrons. The van der Waals surface area contributed by atoms with Crippen molar-refractivity contribution < 1.29 is 9.59 Å². The zero-order valence-electron chi connectivity index (χ0n) is 15.3. The third-order valence-corrected chi connectivity index (χ3v) is 6.36. The number of urea groups is 1. The van der Waals surface area contributed by atoms with E-state index in [-0.39, 0.29) is 11.8 Å². The lowest BCUT2D eigenvalue weighted by molar-refractivity contribution is -0.120. The number of carbonyl (C=O) groups is 2. The number of aromatic nitrogens is 2. The summed E-state index contributed by atoms with van der Waals surface area (Å²) in [4.78, 5) is 28.3. The summed E-state index contributed by atoms with van der Waals surface area (Å²) in [6.07, 6.45) is 5.98. The van der Waals surface area contributed by atoms with Crippen LogP contribution in [-0.4, -0.2) is 26.7 Å². The van der Waals surface area contributed by atoms with Gasteiger partial charge in [0.25, 0.3) is 0 Å². The first-order valence-electron chi connectivity index (χ1n) is 9.21. The number of carbonyl (C=O) groups excluding carboxylic acids is 2. The van der Waals surface area contributed by atoms with Crippen LogP contribution in [0.25, 0.3) is 11.0 Å². The van der Waals surface area contributed by atoms with Gasteiger partial charge in [0, 0.05) is 6.04 Å². The van der Waals surface area contributed by atoms with Crippen LogP contribution in [0.2, 0.25) is 0 Å². The van der Waals surface area contributed by atoms with Crippen LogP contribution in [-0.2, 0) is 4.79 Å². The van der Waals surface area contributed by atoms with Gasteiger partial charge in [0.15, 0.2) is 5.16 Å². The number of nitrogens with one attached hydrogen (secondary N) is 1. The fourth-order valence-corrected chi connectivity index (χ4v) is 4.77. The number of fused-ring (bicyclic) bond motifs is 1. The van der Waals surface area contributed by atoms with Gasteiger partial charge in [-0.1, -0.05) is 57.0 Å². The molecule has 0 unspecified atom stereocenters. The molecular weight excluding hydrogens is 348 g/mol. The van der Waals surface area contributed by atoms with Crippen molar-refractivity contribution >= 4 is 34.7 Å². The number of benzene rings is 1. The van der Waals surface area contributed by atoms with Gasteiger partial charge in [0.05, 0.1) is 16.3 Å². The minimum absolute atomic E-state index is 0.0407. The fraction of sp³-hybridized carbons (Fsp3) is 0.526. The van der Waals surface area contributed by atoms with E-state index in [0.717, 1.165) is 29.0 Å². The van der Waals surface area contributed by atoms with Crippen molar-refractivity contribution in [3.8, 4) is 0 Å². The van der Waals surface area contributed by atoms with E-state index in [2.05, 4.69) is 16.0 Å². The Labute approximate surface area is 157 Å². The highest BCUT2D eigenvalue weighted by atomic mass is 32.2. The van der Waals surface area contributed by atoms with Gasteiger partial charge in [0.2, 0.25) is 5.91 Å². The molecule has 1 heterocycles. The number of hydrogen-bond acceptors (Lipinski definition) is 4. The summed E-state index contributed by atoms with van der Waals surface area (Å²) in [6, 6.07) is 7.70. The number of imide groups is 1. The summed E-state index contributed by atoms with van der Waals surface area (Å²) >= 11 is 1.42. The summed E-state index contributed by atoms with van der Waals surface area (Å²) in [6.45, 7) is 3.93. The topological polar surface area (TPSA) is 90.0 Å². The van der Waals surface area contributed by atoms with E-state index < -0.39 is 11.3 Å². The van der Waals surface area contributed by atoms with E-state index in [1.54, 1.807) is 0 Å². The third-order valence-electron chi connectivity index (χ3n) is 4.85. The van der Waals surface area contributed by atoms with Gasteiger partial charge >= 0.3 is 6.03 Å². The van der Waals surface area contributed by atoms with Crippen LogP contribution in [0.5, 0.6) is 0 Å². The van der Waals surface area contributed by atoms with Crippen molar-refractivity contribution in [2.45, 2.75) is 62.4 Å². The Morgan fingerprint density at radius 1 is 1.23 bits per heavy atom. The second kappa shape index (κ2) is 8.12. The molecule has 0 bridgehead atoms. The second-order valence-corrected chi connectivity index (χ2v) is 8.29. The van der Waals surface area contributed by atoms with Crippen molar-refractivity contribution in [1.82, 2.24) is 14.9 Å². The lowest BCUT2D eigenvalue weighted by Gasteiger charge is -2.26. The number of rotatable bonds is 5. The molecule has 1 aliphatic rings. The van der Waals surface area contributed by atoms with Crippen molar-refractivity contribution in [2.24, 2.45) is 11.7 Å². The standard InChI is InChI=1S/C19H26N4O2S/c1-12(2)16(17(24)22-18(20)25)26-19-21-14-10-6-7-11-15(14)23(19)13-8-4-3-5-9-13/h6-7,10-13,16H,3-5,8-9H2,1-2H3,(H3,20,22,24,25)/t16-/m0/s1. The molecule has 26 heavy (non-hydrogen) atoms. The number of amides is 3. The average molecular weight is 375 g/mol. The predicted molar refractivity (Wildman–Crippen MR) is 104 cm³/mol. The molecule has 0 aliphatic heterocycles. The normalized spacial score (nSPS) is 16.7. The number of primary amides is 1. The van der Waals surface area contributed by atoms with Gasteiger partial charge in [-0.15, -0.1) is 0 Å². The minimum Gasteiger partial charge on any atom is -0.351 e. The minimum atomic E-state index is -0.818. The zero-order valence-corrected chi connectivity index (χ0v) is 16.1. The molecule has 3 N–H and O–H groups in total. The highest BCUT2D eigenvalue weighted by molar-refractivity contribution is 8.00.